The number of methoxy groups -OCH3 is 1. The third kappa shape index (κ3) is 5.59. The van der Waals surface area contributed by atoms with Crippen LogP contribution in [0.5, 0.6) is 5.75 Å². The summed E-state index contributed by atoms with van der Waals surface area (Å²) in [4.78, 5) is 13.5. The van der Waals surface area contributed by atoms with Crippen molar-refractivity contribution in [3.05, 3.63) is 101 Å². The predicted octanol–water partition coefficient (Wildman–Crippen LogP) is 6.81. The zero-order valence-electron chi connectivity index (χ0n) is 20.3. The fraction of sp³-hybridized carbons (Fsp3) is 0.345. The van der Waals surface area contributed by atoms with Gasteiger partial charge in [0.15, 0.2) is 0 Å². The van der Waals surface area contributed by atoms with Gasteiger partial charge in [0, 0.05) is 5.56 Å². The highest BCUT2D eigenvalue weighted by Gasteiger charge is 2.24. The molecular weight excluding hydrogens is 394 g/mol. The molecule has 1 N–H and O–H groups in total. The third-order valence-electron chi connectivity index (χ3n) is 5.78. The van der Waals surface area contributed by atoms with Crippen molar-refractivity contribution in [1.29, 1.82) is 0 Å². The van der Waals surface area contributed by atoms with Crippen LogP contribution >= 0.6 is 0 Å². The van der Waals surface area contributed by atoms with Gasteiger partial charge >= 0.3 is 0 Å². The van der Waals surface area contributed by atoms with E-state index in [4.69, 9.17) is 4.74 Å². The van der Waals surface area contributed by atoms with E-state index >= 15 is 0 Å². The van der Waals surface area contributed by atoms with E-state index in [0.29, 0.717) is 5.56 Å². The molecule has 168 valence electrons. The zero-order valence-corrected chi connectivity index (χ0v) is 20.3. The van der Waals surface area contributed by atoms with E-state index in [1.165, 1.54) is 0 Å². The molecule has 0 spiro atoms. The smallest absolute Gasteiger partial charge is 0.252 e. The lowest BCUT2D eigenvalue weighted by Crippen LogP contribution is -2.30. The van der Waals surface area contributed by atoms with Crippen LogP contribution in [0.2, 0.25) is 0 Å². The molecule has 1 amide bonds. The summed E-state index contributed by atoms with van der Waals surface area (Å²) >= 11 is 0. The highest BCUT2D eigenvalue weighted by atomic mass is 16.5. The van der Waals surface area contributed by atoms with Crippen molar-refractivity contribution in [3.8, 4) is 5.75 Å². The Morgan fingerprint density at radius 1 is 0.750 bits per heavy atom. The Labute approximate surface area is 192 Å². The van der Waals surface area contributed by atoms with Crippen molar-refractivity contribution in [3.63, 3.8) is 0 Å². The van der Waals surface area contributed by atoms with Gasteiger partial charge in [-0.2, -0.15) is 0 Å². The molecule has 3 nitrogen and oxygen atoms in total. The molecule has 3 rings (SSSR count). The summed E-state index contributed by atoms with van der Waals surface area (Å²) in [5.74, 6) is 0.714. The molecular formula is C29H35NO2. The standard InChI is InChI=1S/C29H35NO2/c1-28(2,3)23-17-22(18-24(19-23)29(4,5)6)27(31)30-26(20-11-9-8-10-12-20)21-13-15-25(32-7)16-14-21/h8-19,26H,1-7H3,(H,30,31). The fourth-order valence-corrected chi connectivity index (χ4v) is 3.64. The predicted molar refractivity (Wildman–Crippen MR) is 133 cm³/mol. The molecule has 0 aromatic heterocycles. The Balaban J connectivity index is 2.02. The van der Waals surface area contributed by atoms with Crippen molar-refractivity contribution in [2.24, 2.45) is 0 Å². The Morgan fingerprint density at radius 2 is 1.25 bits per heavy atom. The lowest BCUT2D eigenvalue weighted by atomic mass is 9.79. The third-order valence-corrected chi connectivity index (χ3v) is 5.78. The summed E-state index contributed by atoms with van der Waals surface area (Å²) in [6.45, 7) is 13.1. The molecule has 0 saturated heterocycles. The van der Waals surface area contributed by atoms with Crippen molar-refractivity contribution in [2.75, 3.05) is 7.11 Å². The van der Waals surface area contributed by atoms with Crippen LogP contribution in [0.3, 0.4) is 0 Å². The highest BCUT2D eigenvalue weighted by Crippen LogP contribution is 2.31. The van der Waals surface area contributed by atoms with Gasteiger partial charge in [0.25, 0.3) is 5.91 Å². The molecule has 0 saturated carbocycles. The zero-order chi connectivity index (χ0) is 23.5. The second kappa shape index (κ2) is 9.20. The maximum atomic E-state index is 13.5. The maximum Gasteiger partial charge on any atom is 0.252 e. The van der Waals surface area contributed by atoms with Gasteiger partial charge in [-0.05, 0) is 57.3 Å². The van der Waals surface area contributed by atoms with E-state index in [-0.39, 0.29) is 22.8 Å². The Hall–Kier alpha value is -3.07. The molecule has 0 aliphatic rings. The van der Waals surface area contributed by atoms with Gasteiger partial charge in [-0.1, -0.05) is 90.1 Å². The first-order valence-electron chi connectivity index (χ1n) is 11.1. The van der Waals surface area contributed by atoms with E-state index in [1.54, 1.807) is 7.11 Å². The SMILES string of the molecule is COc1ccc(C(NC(=O)c2cc(C(C)(C)C)cc(C(C)(C)C)c2)c2ccccc2)cc1. The van der Waals surface area contributed by atoms with Crippen molar-refractivity contribution in [1.82, 2.24) is 5.32 Å². The van der Waals surface area contributed by atoms with Crippen LogP contribution in [0.25, 0.3) is 0 Å². The number of hydrogen-bond donors (Lipinski definition) is 1. The lowest BCUT2D eigenvalue weighted by Gasteiger charge is -2.27. The Morgan fingerprint density at radius 3 is 1.72 bits per heavy atom. The monoisotopic (exact) mass is 429 g/mol. The van der Waals surface area contributed by atoms with Crippen molar-refractivity contribution >= 4 is 5.91 Å². The topological polar surface area (TPSA) is 38.3 Å². The van der Waals surface area contributed by atoms with Crippen LogP contribution in [0.4, 0.5) is 0 Å². The van der Waals surface area contributed by atoms with Crippen molar-refractivity contribution in [2.45, 2.75) is 58.4 Å². The van der Waals surface area contributed by atoms with Crippen LogP contribution in [-0.2, 0) is 10.8 Å². The van der Waals surface area contributed by atoms with Crippen LogP contribution in [0, 0.1) is 0 Å². The van der Waals surface area contributed by atoms with E-state index in [2.05, 4.69) is 52.9 Å². The number of nitrogens with one attached hydrogen (secondary N) is 1. The summed E-state index contributed by atoms with van der Waals surface area (Å²) < 4.78 is 5.31. The Kier molecular flexibility index (Phi) is 6.78. The molecule has 0 bridgehead atoms. The molecule has 0 heterocycles. The van der Waals surface area contributed by atoms with Gasteiger partial charge in [-0.3, -0.25) is 4.79 Å². The summed E-state index contributed by atoms with van der Waals surface area (Å²) in [6.07, 6.45) is 0. The molecule has 0 fully saturated rings. The molecule has 0 radical (unpaired) electrons. The molecule has 1 atom stereocenters. The lowest BCUT2D eigenvalue weighted by molar-refractivity contribution is 0.0942. The van der Waals surface area contributed by atoms with Gasteiger partial charge in [-0.25, -0.2) is 0 Å². The number of ether oxygens (including phenoxy) is 1. The average Bonchev–Trinajstić information content (AvgIpc) is 2.76. The maximum absolute atomic E-state index is 13.5. The Bertz CT molecular complexity index is 1020. The second-order valence-corrected chi connectivity index (χ2v) is 10.4. The van der Waals surface area contributed by atoms with Crippen LogP contribution in [0.1, 0.15) is 80.2 Å². The number of rotatable bonds is 5. The number of carbonyl (C=O) groups excluding carboxylic acids is 1. The first-order valence-corrected chi connectivity index (χ1v) is 11.1. The van der Waals surface area contributed by atoms with Gasteiger partial charge in [0.1, 0.15) is 5.75 Å². The van der Waals surface area contributed by atoms with Crippen LogP contribution < -0.4 is 10.1 Å². The van der Waals surface area contributed by atoms with Crippen LogP contribution in [-0.4, -0.2) is 13.0 Å². The fourth-order valence-electron chi connectivity index (χ4n) is 3.64. The molecule has 0 aliphatic heterocycles. The normalized spacial score (nSPS) is 12.8. The minimum absolute atomic E-state index is 0.0505. The highest BCUT2D eigenvalue weighted by molar-refractivity contribution is 5.95. The van der Waals surface area contributed by atoms with E-state index in [9.17, 15) is 4.79 Å². The molecule has 3 heteroatoms. The quantitative estimate of drug-likeness (QED) is 0.484. The van der Waals surface area contributed by atoms with Gasteiger partial charge in [0.05, 0.1) is 13.2 Å². The van der Waals surface area contributed by atoms with Crippen LogP contribution in [0.15, 0.2) is 72.8 Å². The molecule has 3 aromatic carbocycles. The summed E-state index contributed by atoms with van der Waals surface area (Å²) in [5.41, 5.74) is 4.96. The molecule has 0 aliphatic carbocycles. The largest absolute Gasteiger partial charge is 0.497 e. The second-order valence-electron chi connectivity index (χ2n) is 10.4. The first-order chi connectivity index (χ1) is 15.0. The summed E-state index contributed by atoms with van der Waals surface area (Å²) in [6, 6.07) is 24.0. The average molecular weight is 430 g/mol. The number of hydrogen-bond acceptors (Lipinski definition) is 2. The minimum atomic E-state index is -0.258. The summed E-state index contributed by atoms with van der Waals surface area (Å²) in [5, 5.41) is 3.28. The first kappa shape index (κ1) is 23.6. The van der Waals surface area contributed by atoms with E-state index in [1.807, 2.05) is 66.7 Å². The number of amides is 1. The van der Waals surface area contributed by atoms with Gasteiger partial charge < -0.3 is 10.1 Å². The van der Waals surface area contributed by atoms with Gasteiger partial charge in [0.2, 0.25) is 0 Å². The van der Waals surface area contributed by atoms with Gasteiger partial charge in [-0.15, -0.1) is 0 Å². The minimum Gasteiger partial charge on any atom is -0.497 e. The van der Waals surface area contributed by atoms with E-state index in [0.717, 1.165) is 28.0 Å². The summed E-state index contributed by atoms with van der Waals surface area (Å²) in [7, 11) is 1.65. The molecule has 3 aromatic rings. The number of benzene rings is 3. The van der Waals surface area contributed by atoms with E-state index < -0.39 is 0 Å². The molecule has 1 unspecified atom stereocenters. The number of carbonyl (C=O) groups is 1. The van der Waals surface area contributed by atoms with Crippen molar-refractivity contribution < 1.29 is 9.53 Å². The molecule has 32 heavy (non-hydrogen) atoms.